The number of likely N-dealkylation sites (N-methyl/N-ethyl adjacent to an activating group) is 1. The summed E-state index contributed by atoms with van der Waals surface area (Å²) >= 11 is 5.77. The molecule has 2 fully saturated rings. The molecule has 2 aliphatic rings. The second-order valence-electron chi connectivity index (χ2n) is 8.11. The van der Waals surface area contributed by atoms with Gasteiger partial charge in [0.25, 0.3) is 0 Å². The van der Waals surface area contributed by atoms with Crippen LogP contribution in [-0.4, -0.2) is 69.4 Å². The predicted molar refractivity (Wildman–Crippen MR) is 121 cm³/mol. The number of alkyl halides is 3. The number of benzene rings is 1. The van der Waals surface area contributed by atoms with Gasteiger partial charge in [-0.25, -0.2) is 13.4 Å². The minimum Gasteiger partial charge on any atom is -0.354 e. The molecule has 34 heavy (non-hydrogen) atoms. The van der Waals surface area contributed by atoms with Gasteiger partial charge in [-0.15, -0.1) is 0 Å². The Morgan fingerprint density at radius 2 is 1.74 bits per heavy atom. The van der Waals surface area contributed by atoms with Gasteiger partial charge in [-0.2, -0.15) is 17.5 Å². The second-order valence-corrected chi connectivity index (χ2v) is 10.4. The van der Waals surface area contributed by atoms with Crippen molar-refractivity contribution < 1.29 is 26.4 Å². The summed E-state index contributed by atoms with van der Waals surface area (Å²) in [4.78, 5) is 19.4. The summed E-state index contributed by atoms with van der Waals surface area (Å²) in [6.07, 6.45) is -4.18. The van der Waals surface area contributed by atoms with Crippen molar-refractivity contribution in [2.75, 3.05) is 49.6 Å². The van der Waals surface area contributed by atoms with E-state index in [0.29, 0.717) is 18.7 Å². The van der Waals surface area contributed by atoms with Gasteiger partial charge in [-0.3, -0.25) is 4.79 Å². The van der Waals surface area contributed by atoms with Gasteiger partial charge in [0.05, 0.1) is 10.5 Å². The van der Waals surface area contributed by atoms with Gasteiger partial charge in [0.15, 0.2) is 0 Å². The molecule has 0 spiro atoms. The summed E-state index contributed by atoms with van der Waals surface area (Å²) in [5, 5.41) is 2.78. The first-order valence-electron chi connectivity index (χ1n) is 10.6. The minimum atomic E-state index is -4.56. The Hall–Kier alpha value is -2.41. The number of aromatic nitrogens is 1. The standard InChI is InChI=1S/C21H23ClF3N5O3S/c1-26-15-12-20(31)30(13-15)16-2-4-17(5-3-16)34(32,33)29-8-6-28(7-9-29)19-11-14(21(23,24)25)10-18(22)27-19/h2-5,10-11,15,26H,6-9,12-13H2,1H3. The fourth-order valence-electron chi connectivity index (χ4n) is 4.06. The lowest BCUT2D eigenvalue weighted by atomic mass is 10.2. The Kier molecular flexibility index (Phi) is 6.78. The third-order valence-corrected chi connectivity index (χ3v) is 8.10. The molecule has 0 bridgehead atoms. The molecule has 2 aliphatic heterocycles. The van der Waals surface area contributed by atoms with Crippen LogP contribution in [0.15, 0.2) is 41.3 Å². The Balaban J connectivity index is 1.44. The van der Waals surface area contributed by atoms with Crippen molar-refractivity contribution in [2.24, 2.45) is 0 Å². The Bertz CT molecular complexity index is 1170. The van der Waals surface area contributed by atoms with E-state index in [2.05, 4.69) is 10.3 Å². The van der Waals surface area contributed by atoms with E-state index in [-0.39, 0.29) is 54.0 Å². The lowest BCUT2D eigenvalue weighted by molar-refractivity contribution is -0.137. The van der Waals surface area contributed by atoms with Crippen molar-refractivity contribution in [2.45, 2.75) is 23.5 Å². The molecule has 4 rings (SSSR count). The zero-order chi connectivity index (χ0) is 24.7. The fourth-order valence-corrected chi connectivity index (χ4v) is 5.69. The van der Waals surface area contributed by atoms with Gasteiger partial charge in [-0.1, -0.05) is 11.6 Å². The highest BCUT2D eigenvalue weighted by Gasteiger charge is 2.34. The van der Waals surface area contributed by atoms with Crippen LogP contribution < -0.4 is 15.1 Å². The number of piperazine rings is 1. The van der Waals surface area contributed by atoms with E-state index < -0.39 is 21.8 Å². The molecule has 1 atom stereocenters. The SMILES string of the molecule is CNC1CC(=O)N(c2ccc(S(=O)(=O)N3CCN(c4cc(C(F)(F)F)cc(Cl)n4)CC3)cc2)C1. The van der Waals surface area contributed by atoms with Crippen molar-refractivity contribution >= 4 is 39.0 Å². The van der Waals surface area contributed by atoms with E-state index in [1.165, 1.54) is 16.4 Å². The average molecular weight is 518 g/mol. The molecule has 1 aromatic heterocycles. The van der Waals surface area contributed by atoms with Crippen LogP contribution in [-0.2, 0) is 21.0 Å². The molecule has 1 N–H and O–H groups in total. The Morgan fingerprint density at radius 3 is 2.29 bits per heavy atom. The maximum atomic E-state index is 13.1. The maximum Gasteiger partial charge on any atom is 0.416 e. The molecule has 1 aromatic carbocycles. The molecule has 13 heteroatoms. The van der Waals surface area contributed by atoms with Crippen molar-refractivity contribution in [1.82, 2.24) is 14.6 Å². The average Bonchev–Trinajstić information content (AvgIpc) is 3.19. The maximum absolute atomic E-state index is 13.1. The third-order valence-electron chi connectivity index (χ3n) is 5.99. The topological polar surface area (TPSA) is 85.8 Å². The van der Waals surface area contributed by atoms with Gasteiger partial charge in [-0.05, 0) is 43.4 Å². The Labute approximate surface area is 200 Å². The monoisotopic (exact) mass is 517 g/mol. The van der Waals surface area contributed by atoms with Gasteiger partial charge < -0.3 is 15.1 Å². The second kappa shape index (κ2) is 9.33. The van der Waals surface area contributed by atoms with Crippen molar-refractivity contribution in [3.05, 3.63) is 47.1 Å². The van der Waals surface area contributed by atoms with Crippen LogP contribution in [0.25, 0.3) is 0 Å². The Morgan fingerprint density at radius 1 is 1.09 bits per heavy atom. The molecule has 2 saturated heterocycles. The zero-order valence-electron chi connectivity index (χ0n) is 18.2. The van der Waals surface area contributed by atoms with E-state index >= 15 is 0 Å². The number of amides is 1. The molecule has 1 unspecified atom stereocenters. The summed E-state index contributed by atoms with van der Waals surface area (Å²) in [7, 11) is -2.03. The van der Waals surface area contributed by atoms with Crippen LogP contribution in [0.3, 0.4) is 0 Å². The minimum absolute atomic E-state index is 0.0330. The molecule has 184 valence electrons. The van der Waals surface area contributed by atoms with E-state index in [1.54, 1.807) is 29.0 Å². The van der Waals surface area contributed by atoms with E-state index in [9.17, 15) is 26.4 Å². The lowest BCUT2D eigenvalue weighted by Crippen LogP contribution is -2.49. The summed E-state index contributed by atoms with van der Waals surface area (Å²) in [5.41, 5.74) is -0.283. The summed E-state index contributed by atoms with van der Waals surface area (Å²) < 4.78 is 66.7. The molecule has 0 saturated carbocycles. The highest BCUT2D eigenvalue weighted by molar-refractivity contribution is 7.89. The molecule has 0 radical (unpaired) electrons. The van der Waals surface area contributed by atoms with Crippen molar-refractivity contribution in [3.8, 4) is 0 Å². The first-order valence-corrected chi connectivity index (χ1v) is 12.4. The van der Waals surface area contributed by atoms with E-state index in [4.69, 9.17) is 11.6 Å². The number of pyridine rings is 1. The summed E-state index contributed by atoms with van der Waals surface area (Å²) in [6, 6.07) is 7.85. The normalized spacial score (nSPS) is 20.3. The number of nitrogens with one attached hydrogen (secondary N) is 1. The molecule has 0 aliphatic carbocycles. The number of halogens is 4. The van der Waals surface area contributed by atoms with Crippen molar-refractivity contribution in [3.63, 3.8) is 0 Å². The van der Waals surface area contributed by atoms with E-state index in [0.717, 1.165) is 12.1 Å². The highest BCUT2D eigenvalue weighted by atomic mass is 35.5. The molecule has 2 aromatic rings. The van der Waals surface area contributed by atoms with Gasteiger partial charge in [0.2, 0.25) is 15.9 Å². The smallest absolute Gasteiger partial charge is 0.354 e. The first-order chi connectivity index (χ1) is 16.0. The largest absolute Gasteiger partial charge is 0.416 e. The first kappa shape index (κ1) is 24.7. The van der Waals surface area contributed by atoms with Gasteiger partial charge in [0, 0.05) is 50.9 Å². The number of carbonyl (C=O) groups excluding carboxylic acids is 1. The number of anilines is 2. The molecular weight excluding hydrogens is 495 g/mol. The zero-order valence-corrected chi connectivity index (χ0v) is 19.8. The van der Waals surface area contributed by atoms with Gasteiger partial charge >= 0.3 is 6.18 Å². The third kappa shape index (κ3) is 4.99. The summed E-state index contributed by atoms with van der Waals surface area (Å²) in [5.74, 6) is 0.0192. The van der Waals surface area contributed by atoms with Gasteiger partial charge in [0.1, 0.15) is 11.0 Å². The van der Waals surface area contributed by atoms with E-state index in [1.807, 2.05) is 0 Å². The predicted octanol–water partition coefficient (Wildman–Crippen LogP) is 2.59. The van der Waals surface area contributed by atoms with Crippen LogP contribution >= 0.6 is 11.6 Å². The molecule has 1 amide bonds. The van der Waals surface area contributed by atoms with Crippen LogP contribution in [0.2, 0.25) is 5.15 Å². The quantitative estimate of drug-likeness (QED) is 0.614. The van der Waals surface area contributed by atoms with Crippen LogP contribution in [0, 0.1) is 0 Å². The molecule has 8 nitrogen and oxygen atoms in total. The number of sulfonamides is 1. The number of hydrogen-bond donors (Lipinski definition) is 1. The lowest BCUT2D eigenvalue weighted by Gasteiger charge is -2.35. The number of nitrogens with zero attached hydrogens (tertiary/aromatic N) is 4. The van der Waals surface area contributed by atoms with Crippen LogP contribution in [0.4, 0.5) is 24.7 Å². The van der Waals surface area contributed by atoms with Crippen molar-refractivity contribution in [1.29, 1.82) is 0 Å². The number of carbonyl (C=O) groups is 1. The number of hydrogen-bond acceptors (Lipinski definition) is 6. The highest BCUT2D eigenvalue weighted by Crippen LogP contribution is 2.33. The summed E-state index contributed by atoms with van der Waals surface area (Å²) in [6.45, 7) is 0.991. The van der Waals surface area contributed by atoms with Crippen LogP contribution in [0.5, 0.6) is 0 Å². The molecular formula is C21H23ClF3N5O3S. The molecule has 3 heterocycles. The van der Waals surface area contributed by atoms with Crippen LogP contribution in [0.1, 0.15) is 12.0 Å². The number of rotatable bonds is 5. The fraction of sp³-hybridized carbons (Fsp3) is 0.429.